The molecule has 5 nitrogen and oxygen atoms in total. The summed E-state index contributed by atoms with van der Waals surface area (Å²) in [6.07, 6.45) is 4.15. The van der Waals surface area contributed by atoms with Crippen LogP contribution in [0.25, 0.3) is 0 Å². The molecule has 0 fully saturated rings. The molecule has 0 aliphatic heterocycles. The van der Waals surface area contributed by atoms with E-state index in [2.05, 4.69) is 38.0 Å². The fraction of sp³-hybridized carbons (Fsp3) is 0.444. The number of aromatic nitrogens is 5. The standard InChI is InChI=1S/C9H12BrN5/c1-3-7-9(10)8(14(2)13-7)4-15-6-11-5-12-15/h5-6H,3-4H2,1-2H3. The molecule has 0 N–H and O–H groups in total. The molecule has 0 bridgehead atoms. The molecule has 15 heavy (non-hydrogen) atoms. The number of hydrogen-bond donors (Lipinski definition) is 0. The number of hydrogen-bond acceptors (Lipinski definition) is 3. The van der Waals surface area contributed by atoms with Gasteiger partial charge in [-0.3, -0.25) is 4.68 Å². The monoisotopic (exact) mass is 269 g/mol. The van der Waals surface area contributed by atoms with E-state index in [9.17, 15) is 0 Å². The number of nitrogens with zero attached hydrogens (tertiary/aromatic N) is 5. The van der Waals surface area contributed by atoms with Crippen LogP contribution in [0.5, 0.6) is 0 Å². The molecule has 2 rings (SSSR count). The van der Waals surface area contributed by atoms with Crippen molar-refractivity contribution in [2.75, 3.05) is 0 Å². The predicted octanol–water partition coefficient (Wildman–Crippen LogP) is 1.38. The zero-order valence-corrected chi connectivity index (χ0v) is 10.3. The molecule has 0 saturated heterocycles. The normalized spacial score (nSPS) is 10.9. The Kier molecular flexibility index (Phi) is 2.86. The molecule has 0 saturated carbocycles. The molecule has 80 valence electrons. The first-order chi connectivity index (χ1) is 7.22. The summed E-state index contributed by atoms with van der Waals surface area (Å²) >= 11 is 3.56. The van der Waals surface area contributed by atoms with E-state index in [-0.39, 0.29) is 0 Å². The van der Waals surface area contributed by atoms with Crippen LogP contribution < -0.4 is 0 Å². The Morgan fingerprint density at radius 2 is 2.27 bits per heavy atom. The van der Waals surface area contributed by atoms with E-state index < -0.39 is 0 Å². The number of rotatable bonds is 3. The second kappa shape index (κ2) is 4.14. The first kappa shape index (κ1) is 10.4. The van der Waals surface area contributed by atoms with Crippen molar-refractivity contribution in [1.29, 1.82) is 0 Å². The van der Waals surface area contributed by atoms with Crippen molar-refractivity contribution < 1.29 is 0 Å². The molecule has 6 heteroatoms. The van der Waals surface area contributed by atoms with Crippen LogP contribution in [0.15, 0.2) is 17.1 Å². The molecule has 0 aromatic carbocycles. The maximum Gasteiger partial charge on any atom is 0.137 e. The van der Waals surface area contributed by atoms with Gasteiger partial charge in [0.05, 0.1) is 22.4 Å². The molecule has 0 spiro atoms. The van der Waals surface area contributed by atoms with Crippen LogP contribution >= 0.6 is 15.9 Å². The molecule has 0 unspecified atom stereocenters. The maximum absolute atomic E-state index is 4.42. The van der Waals surface area contributed by atoms with Crippen molar-refractivity contribution in [3.63, 3.8) is 0 Å². The van der Waals surface area contributed by atoms with Crippen LogP contribution in [-0.4, -0.2) is 24.5 Å². The fourth-order valence-corrected chi connectivity index (χ4v) is 2.20. The minimum absolute atomic E-state index is 0.685. The lowest BCUT2D eigenvalue weighted by atomic mass is 10.3. The van der Waals surface area contributed by atoms with Gasteiger partial charge in [0.25, 0.3) is 0 Å². The Hall–Kier alpha value is -1.17. The highest BCUT2D eigenvalue weighted by Gasteiger charge is 2.12. The van der Waals surface area contributed by atoms with Crippen LogP contribution in [0.1, 0.15) is 18.3 Å². The Labute approximate surface area is 96.2 Å². The molecule has 2 heterocycles. The average Bonchev–Trinajstić information content (AvgIpc) is 2.81. The van der Waals surface area contributed by atoms with Crippen LogP contribution in [0.2, 0.25) is 0 Å². The van der Waals surface area contributed by atoms with E-state index in [1.807, 2.05) is 11.7 Å². The number of halogens is 1. The van der Waals surface area contributed by atoms with Crippen LogP contribution in [0.4, 0.5) is 0 Å². The van der Waals surface area contributed by atoms with Crippen molar-refractivity contribution in [3.05, 3.63) is 28.5 Å². The van der Waals surface area contributed by atoms with Crippen LogP contribution in [-0.2, 0) is 20.0 Å². The summed E-state index contributed by atoms with van der Waals surface area (Å²) in [4.78, 5) is 3.91. The lowest BCUT2D eigenvalue weighted by Crippen LogP contribution is -2.06. The Balaban J connectivity index is 2.32. The topological polar surface area (TPSA) is 48.5 Å². The SMILES string of the molecule is CCc1nn(C)c(Cn2cncn2)c1Br. The summed E-state index contributed by atoms with van der Waals surface area (Å²) in [6, 6.07) is 0. The predicted molar refractivity (Wildman–Crippen MR) is 59.4 cm³/mol. The highest BCUT2D eigenvalue weighted by molar-refractivity contribution is 9.10. The summed E-state index contributed by atoms with van der Waals surface area (Å²) in [5.41, 5.74) is 2.19. The second-order valence-corrected chi connectivity index (χ2v) is 4.07. The van der Waals surface area contributed by atoms with Crippen molar-refractivity contribution >= 4 is 15.9 Å². The molecule has 0 radical (unpaired) electrons. The first-order valence-corrected chi connectivity index (χ1v) is 5.54. The van der Waals surface area contributed by atoms with E-state index >= 15 is 0 Å². The molecular weight excluding hydrogens is 258 g/mol. The van der Waals surface area contributed by atoms with Gasteiger partial charge in [0.2, 0.25) is 0 Å². The molecular formula is C9H12BrN5. The first-order valence-electron chi connectivity index (χ1n) is 4.75. The van der Waals surface area contributed by atoms with Gasteiger partial charge in [0.15, 0.2) is 0 Å². The van der Waals surface area contributed by atoms with E-state index in [1.54, 1.807) is 11.0 Å². The van der Waals surface area contributed by atoms with Gasteiger partial charge < -0.3 is 0 Å². The van der Waals surface area contributed by atoms with Gasteiger partial charge in [0, 0.05) is 7.05 Å². The van der Waals surface area contributed by atoms with E-state index in [4.69, 9.17) is 0 Å². The molecule has 2 aromatic heterocycles. The Bertz CT molecular complexity index is 445. The number of aryl methyl sites for hydroxylation is 2. The Morgan fingerprint density at radius 3 is 2.80 bits per heavy atom. The van der Waals surface area contributed by atoms with Crippen molar-refractivity contribution in [3.8, 4) is 0 Å². The zero-order chi connectivity index (χ0) is 10.8. The third-order valence-corrected chi connectivity index (χ3v) is 3.20. The van der Waals surface area contributed by atoms with Gasteiger partial charge in [-0.25, -0.2) is 9.67 Å². The molecule has 0 atom stereocenters. The van der Waals surface area contributed by atoms with E-state index in [1.165, 1.54) is 6.33 Å². The quantitative estimate of drug-likeness (QED) is 0.846. The maximum atomic E-state index is 4.42. The molecule has 0 aliphatic rings. The molecule has 0 aliphatic carbocycles. The third-order valence-electron chi connectivity index (χ3n) is 2.28. The van der Waals surface area contributed by atoms with Gasteiger partial charge in [0.1, 0.15) is 12.7 Å². The van der Waals surface area contributed by atoms with Crippen molar-refractivity contribution in [2.24, 2.45) is 7.05 Å². The highest BCUT2D eigenvalue weighted by atomic mass is 79.9. The largest absolute Gasteiger partial charge is 0.269 e. The average molecular weight is 270 g/mol. The minimum Gasteiger partial charge on any atom is -0.269 e. The second-order valence-electron chi connectivity index (χ2n) is 3.28. The lowest BCUT2D eigenvalue weighted by Gasteiger charge is -2.01. The smallest absolute Gasteiger partial charge is 0.137 e. The zero-order valence-electron chi connectivity index (χ0n) is 8.68. The van der Waals surface area contributed by atoms with Gasteiger partial charge in [-0.15, -0.1) is 0 Å². The summed E-state index contributed by atoms with van der Waals surface area (Å²) < 4.78 is 4.73. The summed E-state index contributed by atoms with van der Waals surface area (Å²) in [6.45, 7) is 2.77. The van der Waals surface area contributed by atoms with Crippen LogP contribution in [0, 0.1) is 0 Å². The van der Waals surface area contributed by atoms with E-state index in [0.29, 0.717) is 6.54 Å². The van der Waals surface area contributed by atoms with Crippen molar-refractivity contribution in [2.45, 2.75) is 19.9 Å². The molecule has 2 aromatic rings. The van der Waals surface area contributed by atoms with E-state index in [0.717, 1.165) is 22.3 Å². The lowest BCUT2D eigenvalue weighted by molar-refractivity contribution is 0.615. The summed E-state index contributed by atoms with van der Waals surface area (Å²) in [5, 5.41) is 8.49. The highest BCUT2D eigenvalue weighted by Crippen LogP contribution is 2.21. The van der Waals surface area contributed by atoms with Gasteiger partial charge in [-0.2, -0.15) is 10.2 Å². The third kappa shape index (κ3) is 1.94. The summed E-state index contributed by atoms with van der Waals surface area (Å²) in [7, 11) is 1.94. The van der Waals surface area contributed by atoms with Gasteiger partial charge >= 0.3 is 0 Å². The fourth-order valence-electron chi connectivity index (χ4n) is 1.46. The Morgan fingerprint density at radius 1 is 1.47 bits per heavy atom. The van der Waals surface area contributed by atoms with Crippen molar-refractivity contribution in [1.82, 2.24) is 24.5 Å². The minimum atomic E-state index is 0.685. The molecule has 0 amide bonds. The van der Waals surface area contributed by atoms with Gasteiger partial charge in [-0.1, -0.05) is 6.92 Å². The van der Waals surface area contributed by atoms with Gasteiger partial charge in [-0.05, 0) is 22.4 Å². The van der Waals surface area contributed by atoms with Crippen LogP contribution in [0.3, 0.4) is 0 Å². The summed E-state index contributed by atoms with van der Waals surface area (Å²) in [5.74, 6) is 0.